The van der Waals surface area contributed by atoms with Crippen molar-refractivity contribution in [1.82, 2.24) is 10.6 Å². The first kappa shape index (κ1) is 21.9. The van der Waals surface area contributed by atoms with E-state index >= 15 is 0 Å². The van der Waals surface area contributed by atoms with Crippen molar-refractivity contribution in [3.05, 3.63) is 12.2 Å². The van der Waals surface area contributed by atoms with Gasteiger partial charge in [0.1, 0.15) is 13.2 Å². The van der Waals surface area contributed by atoms with Gasteiger partial charge in [-0.25, -0.2) is 0 Å². The van der Waals surface area contributed by atoms with Crippen molar-refractivity contribution in [2.75, 3.05) is 26.3 Å². The molecule has 154 valence electrons. The minimum Gasteiger partial charge on any atom is -0.464 e. The normalized spacial score (nSPS) is 27.0. The molecule has 2 N–H and O–H groups in total. The second kappa shape index (κ2) is 8.74. The van der Waals surface area contributed by atoms with Gasteiger partial charge in [-0.1, -0.05) is 12.2 Å². The van der Waals surface area contributed by atoms with Gasteiger partial charge in [-0.05, 0) is 59.8 Å². The van der Waals surface area contributed by atoms with E-state index in [1.54, 1.807) is 0 Å². The zero-order valence-corrected chi connectivity index (χ0v) is 17.6. The maximum Gasteiger partial charge on any atom is 0.310 e. The first-order valence-corrected chi connectivity index (χ1v) is 9.99. The van der Waals surface area contributed by atoms with E-state index in [9.17, 15) is 9.59 Å². The number of hydrogen-bond donors (Lipinski definition) is 2. The average Bonchev–Trinajstić information content (AvgIpc) is 3.14. The number of fused-ring (bicyclic) bond motifs is 2. The van der Waals surface area contributed by atoms with Crippen molar-refractivity contribution >= 4 is 11.9 Å². The summed E-state index contributed by atoms with van der Waals surface area (Å²) in [5.41, 5.74) is -0.0377. The lowest BCUT2D eigenvalue weighted by atomic mass is 9.83. The standard InChI is InChI=1S/C21H36N2O4/c1-20(2,3)22-9-11-26-18(24)16-14-7-8-15(13-14)17(16)19(25)27-12-10-23-21(4,5)6/h7-8,14-17,22-23H,9-13H2,1-6H3. The third-order valence-electron chi connectivity index (χ3n) is 5.01. The Balaban J connectivity index is 1.84. The van der Waals surface area contributed by atoms with Gasteiger partial charge in [0, 0.05) is 24.2 Å². The molecule has 2 bridgehead atoms. The van der Waals surface area contributed by atoms with E-state index in [1.165, 1.54) is 0 Å². The first-order valence-electron chi connectivity index (χ1n) is 9.99. The molecule has 6 nitrogen and oxygen atoms in total. The Morgan fingerprint density at radius 3 is 1.52 bits per heavy atom. The number of carbonyl (C=O) groups excluding carboxylic acids is 2. The van der Waals surface area contributed by atoms with Crippen LogP contribution in [0.2, 0.25) is 0 Å². The summed E-state index contributed by atoms with van der Waals surface area (Å²) in [7, 11) is 0. The van der Waals surface area contributed by atoms with Gasteiger partial charge in [0.15, 0.2) is 0 Å². The summed E-state index contributed by atoms with van der Waals surface area (Å²) >= 11 is 0. The molecule has 0 spiro atoms. The highest BCUT2D eigenvalue weighted by atomic mass is 16.5. The van der Waals surface area contributed by atoms with Crippen molar-refractivity contribution in [3.63, 3.8) is 0 Å². The molecule has 0 amide bonds. The SMILES string of the molecule is CC(C)(C)NCCOC(=O)C1C2C=CC(C2)C1C(=O)OCCNC(C)(C)C. The summed E-state index contributed by atoms with van der Waals surface area (Å²) in [4.78, 5) is 25.3. The number of carbonyl (C=O) groups is 2. The minimum atomic E-state index is -0.419. The molecule has 1 fully saturated rings. The van der Waals surface area contributed by atoms with Gasteiger partial charge in [0.2, 0.25) is 0 Å². The van der Waals surface area contributed by atoms with E-state index in [0.29, 0.717) is 26.3 Å². The number of rotatable bonds is 8. The molecule has 4 unspecified atom stereocenters. The van der Waals surface area contributed by atoms with Gasteiger partial charge >= 0.3 is 11.9 Å². The zero-order chi connectivity index (χ0) is 20.2. The number of nitrogens with one attached hydrogen (secondary N) is 2. The van der Waals surface area contributed by atoms with Crippen LogP contribution in [0.3, 0.4) is 0 Å². The van der Waals surface area contributed by atoms with E-state index in [4.69, 9.17) is 9.47 Å². The van der Waals surface area contributed by atoms with E-state index in [1.807, 2.05) is 0 Å². The molecule has 6 heteroatoms. The molecule has 0 aromatic carbocycles. The first-order chi connectivity index (χ1) is 12.5. The van der Waals surface area contributed by atoms with Gasteiger partial charge in [0.05, 0.1) is 11.8 Å². The summed E-state index contributed by atoms with van der Waals surface area (Å²) in [5, 5.41) is 6.58. The van der Waals surface area contributed by atoms with Crippen LogP contribution in [0.1, 0.15) is 48.0 Å². The van der Waals surface area contributed by atoms with Gasteiger partial charge < -0.3 is 20.1 Å². The quantitative estimate of drug-likeness (QED) is 0.382. The summed E-state index contributed by atoms with van der Waals surface area (Å²) in [6, 6.07) is 0. The Kier molecular flexibility index (Phi) is 7.09. The van der Waals surface area contributed by atoms with Crippen LogP contribution in [0.4, 0.5) is 0 Å². The molecule has 2 rings (SSSR count). The molecule has 1 saturated carbocycles. The third kappa shape index (κ3) is 6.61. The van der Waals surface area contributed by atoms with Crippen LogP contribution in [-0.4, -0.2) is 49.3 Å². The molecule has 0 radical (unpaired) electrons. The Morgan fingerprint density at radius 2 is 1.19 bits per heavy atom. The maximum absolute atomic E-state index is 12.6. The molecule has 27 heavy (non-hydrogen) atoms. The number of ether oxygens (including phenoxy) is 2. The molecular formula is C21H36N2O4. The molecule has 2 aliphatic carbocycles. The molecule has 0 aliphatic heterocycles. The molecule has 2 aliphatic rings. The second-order valence-corrected chi connectivity index (χ2v) is 9.69. The maximum atomic E-state index is 12.6. The highest BCUT2D eigenvalue weighted by molar-refractivity contribution is 5.84. The lowest BCUT2D eigenvalue weighted by Gasteiger charge is -2.26. The van der Waals surface area contributed by atoms with Crippen LogP contribution in [0.5, 0.6) is 0 Å². The Hall–Kier alpha value is -1.40. The van der Waals surface area contributed by atoms with Gasteiger partial charge in [-0.15, -0.1) is 0 Å². The number of allylic oxidation sites excluding steroid dienone is 2. The minimum absolute atomic E-state index is 0.0188. The lowest BCUT2D eigenvalue weighted by Crippen LogP contribution is -2.41. The van der Waals surface area contributed by atoms with Crippen molar-refractivity contribution in [3.8, 4) is 0 Å². The van der Waals surface area contributed by atoms with Gasteiger partial charge in [0.25, 0.3) is 0 Å². The Bertz CT molecular complexity index is 512. The predicted octanol–water partition coefficient (Wildman–Crippen LogP) is 2.29. The van der Waals surface area contributed by atoms with Gasteiger partial charge in [-0.2, -0.15) is 0 Å². The van der Waals surface area contributed by atoms with Crippen LogP contribution in [0.15, 0.2) is 12.2 Å². The predicted molar refractivity (Wildman–Crippen MR) is 105 cm³/mol. The summed E-state index contributed by atoms with van der Waals surface area (Å²) in [6.45, 7) is 14.2. The summed E-state index contributed by atoms with van der Waals surface area (Å²) < 4.78 is 10.9. The van der Waals surface area contributed by atoms with Gasteiger partial charge in [-0.3, -0.25) is 9.59 Å². The summed E-state index contributed by atoms with van der Waals surface area (Å²) in [5.74, 6) is -1.23. The van der Waals surface area contributed by atoms with E-state index in [-0.39, 0.29) is 34.9 Å². The zero-order valence-electron chi connectivity index (χ0n) is 17.6. The van der Waals surface area contributed by atoms with Crippen LogP contribution in [0, 0.1) is 23.7 Å². The Morgan fingerprint density at radius 1 is 0.815 bits per heavy atom. The fourth-order valence-electron chi connectivity index (χ4n) is 3.81. The van der Waals surface area contributed by atoms with Crippen molar-refractivity contribution in [2.24, 2.45) is 23.7 Å². The van der Waals surface area contributed by atoms with E-state index < -0.39 is 11.8 Å². The largest absolute Gasteiger partial charge is 0.464 e. The monoisotopic (exact) mass is 380 g/mol. The number of esters is 2. The Labute approximate surface area is 163 Å². The smallest absolute Gasteiger partial charge is 0.310 e. The molecule has 4 atom stereocenters. The van der Waals surface area contributed by atoms with E-state index in [0.717, 1.165) is 6.42 Å². The fraction of sp³-hybridized carbons (Fsp3) is 0.810. The van der Waals surface area contributed by atoms with Crippen molar-refractivity contribution < 1.29 is 19.1 Å². The van der Waals surface area contributed by atoms with Crippen molar-refractivity contribution in [1.29, 1.82) is 0 Å². The van der Waals surface area contributed by atoms with Crippen LogP contribution < -0.4 is 10.6 Å². The molecule has 0 saturated heterocycles. The third-order valence-corrected chi connectivity index (χ3v) is 5.01. The van der Waals surface area contributed by atoms with Crippen LogP contribution in [-0.2, 0) is 19.1 Å². The summed E-state index contributed by atoms with van der Waals surface area (Å²) in [6.07, 6.45) is 4.93. The highest BCUT2D eigenvalue weighted by Crippen LogP contribution is 2.49. The van der Waals surface area contributed by atoms with E-state index in [2.05, 4.69) is 64.3 Å². The topological polar surface area (TPSA) is 76.7 Å². The van der Waals surface area contributed by atoms with Crippen molar-refractivity contribution in [2.45, 2.75) is 59.0 Å². The molecule has 0 aromatic heterocycles. The molecular weight excluding hydrogens is 344 g/mol. The molecule has 0 aromatic rings. The van der Waals surface area contributed by atoms with Crippen LogP contribution >= 0.6 is 0 Å². The lowest BCUT2D eigenvalue weighted by molar-refractivity contribution is -0.161. The average molecular weight is 381 g/mol. The van der Waals surface area contributed by atoms with Crippen LogP contribution in [0.25, 0.3) is 0 Å². The second-order valence-electron chi connectivity index (χ2n) is 9.69. The fourth-order valence-corrected chi connectivity index (χ4v) is 3.81. The molecule has 0 heterocycles. The highest BCUT2D eigenvalue weighted by Gasteiger charge is 2.53. The number of hydrogen-bond acceptors (Lipinski definition) is 6.